The summed E-state index contributed by atoms with van der Waals surface area (Å²) in [6.45, 7) is 1.85. The van der Waals surface area contributed by atoms with Crippen molar-refractivity contribution < 1.29 is 18.3 Å². The Balaban J connectivity index is 1.69. The lowest BCUT2D eigenvalue weighted by molar-refractivity contribution is -0.209. The van der Waals surface area contributed by atoms with E-state index in [2.05, 4.69) is 10.3 Å². The van der Waals surface area contributed by atoms with E-state index in [1.807, 2.05) is 5.38 Å². The van der Waals surface area contributed by atoms with Crippen LogP contribution in [0, 0.1) is 5.41 Å². The predicted molar refractivity (Wildman–Crippen MR) is 77.5 cm³/mol. The van der Waals surface area contributed by atoms with Crippen LogP contribution in [0.4, 0.5) is 13.2 Å². The third kappa shape index (κ3) is 3.45. The lowest BCUT2D eigenvalue weighted by Crippen LogP contribution is -2.44. The number of hydrogen-bond acceptors (Lipinski definition) is 5. The lowest BCUT2D eigenvalue weighted by atomic mass is 9.93. The number of aliphatic hydroxyl groups excluding tert-OH is 1. The number of halogens is 3. The molecule has 0 amide bonds. The zero-order valence-electron chi connectivity index (χ0n) is 12.1. The normalized spacial score (nSPS) is 25.6. The molecule has 2 aliphatic rings. The first-order valence-corrected chi connectivity index (χ1v) is 8.37. The minimum atomic E-state index is -4.57. The molecule has 8 heteroatoms. The highest BCUT2D eigenvalue weighted by molar-refractivity contribution is 7.09. The van der Waals surface area contributed by atoms with Crippen molar-refractivity contribution >= 4 is 11.3 Å². The van der Waals surface area contributed by atoms with Gasteiger partial charge in [0, 0.05) is 24.2 Å². The molecule has 1 saturated carbocycles. The maximum Gasteiger partial charge on any atom is 0.415 e. The van der Waals surface area contributed by atoms with E-state index < -0.39 is 12.3 Å². The van der Waals surface area contributed by atoms with Crippen LogP contribution in [0.2, 0.25) is 0 Å². The molecule has 2 atom stereocenters. The van der Waals surface area contributed by atoms with Gasteiger partial charge in [0.05, 0.1) is 6.54 Å². The van der Waals surface area contributed by atoms with Crippen molar-refractivity contribution in [3.8, 4) is 0 Å². The van der Waals surface area contributed by atoms with E-state index in [0.717, 1.165) is 37.4 Å². The number of piperidine rings is 1. The van der Waals surface area contributed by atoms with Crippen molar-refractivity contribution in [3.05, 3.63) is 16.6 Å². The summed E-state index contributed by atoms with van der Waals surface area (Å²) in [5.74, 6) is 0. The summed E-state index contributed by atoms with van der Waals surface area (Å²) in [5, 5.41) is 15.4. The number of aromatic nitrogens is 1. The van der Waals surface area contributed by atoms with Gasteiger partial charge in [-0.1, -0.05) is 0 Å². The number of rotatable bonds is 5. The van der Waals surface area contributed by atoms with Crippen molar-refractivity contribution in [1.82, 2.24) is 15.2 Å². The first-order valence-electron chi connectivity index (χ1n) is 7.49. The Morgan fingerprint density at radius 3 is 2.77 bits per heavy atom. The van der Waals surface area contributed by atoms with Crippen LogP contribution in [0.5, 0.6) is 0 Å². The second kappa shape index (κ2) is 6.07. The van der Waals surface area contributed by atoms with Gasteiger partial charge in [-0.2, -0.15) is 13.2 Å². The SMILES string of the molecule is OC(CN(Cc1nccs1)C1CC12CCNCC2)C(F)(F)F. The van der Waals surface area contributed by atoms with Crippen molar-refractivity contribution in [2.45, 2.75) is 44.1 Å². The predicted octanol–water partition coefficient (Wildman–Crippen LogP) is 2.01. The summed E-state index contributed by atoms with van der Waals surface area (Å²) in [6, 6.07) is 0.121. The molecule has 3 rings (SSSR count). The van der Waals surface area contributed by atoms with Gasteiger partial charge < -0.3 is 10.4 Å². The topological polar surface area (TPSA) is 48.4 Å². The van der Waals surface area contributed by atoms with Crippen molar-refractivity contribution in [1.29, 1.82) is 0 Å². The Labute approximate surface area is 131 Å². The number of nitrogens with zero attached hydrogens (tertiary/aromatic N) is 2. The number of alkyl halides is 3. The monoisotopic (exact) mass is 335 g/mol. The van der Waals surface area contributed by atoms with E-state index in [4.69, 9.17) is 0 Å². The fraction of sp³-hybridized carbons (Fsp3) is 0.786. The molecule has 1 saturated heterocycles. The molecular weight excluding hydrogens is 315 g/mol. The summed E-state index contributed by atoms with van der Waals surface area (Å²) >= 11 is 1.44. The fourth-order valence-electron chi connectivity index (χ4n) is 3.44. The molecule has 2 unspecified atom stereocenters. The molecule has 4 nitrogen and oxygen atoms in total. The van der Waals surface area contributed by atoms with E-state index in [1.165, 1.54) is 11.3 Å². The molecule has 1 spiro atoms. The number of aliphatic hydroxyl groups is 1. The van der Waals surface area contributed by atoms with E-state index in [0.29, 0.717) is 6.54 Å². The number of hydrogen-bond donors (Lipinski definition) is 2. The van der Waals surface area contributed by atoms with Crippen LogP contribution >= 0.6 is 11.3 Å². The average molecular weight is 335 g/mol. The van der Waals surface area contributed by atoms with Gasteiger partial charge in [0.2, 0.25) is 0 Å². The van der Waals surface area contributed by atoms with Crippen LogP contribution in [-0.2, 0) is 6.54 Å². The van der Waals surface area contributed by atoms with Gasteiger partial charge in [0.25, 0.3) is 0 Å². The summed E-state index contributed by atoms with van der Waals surface area (Å²) < 4.78 is 38.1. The maximum atomic E-state index is 12.7. The summed E-state index contributed by atoms with van der Waals surface area (Å²) in [4.78, 5) is 5.95. The summed E-state index contributed by atoms with van der Waals surface area (Å²) in [6.07, 6.45) is -2.30. The molecule has 1 aliphatic carbocycles. The Morgan fingerprint density at radius 2 is 2.18 bits per heavy atom. The summed E-state index contributed by atoms with van der Waals surface area (Å²) in [7, 11) is 0. The standard InChI is InChI=1S/C14H20F3N3OS/c15-14(16,17)11(21)8-20(9-12-19-5-6-22-12)10-7-13(10)1-3-18-4-2-13/h5-6,10-11,18,21H,1-4,7-9H2. The van der Waals surface area contributed by atoms with Gasteiger partial charge in [-0.15, -0.1) is 11.3 Å². The highest BCUT2D eigenvalue weighted by atomic mass is 32.1. The molecule has 124 valence electrons. The molecule has 0 bridgehead atoms. The molecule has 2 N–H and O–H groups in total. The van der Waals surface area contributed by atoms with Gasteiger partial charge in [0.15, 0.2) is 6.10 Å². The molecule has 0 radical (unpaired) electrons. The lowest BCUT2D eigenvalue weighted by Gasteiger charge is -2.30. The van der Waals surface area contributed by atoms with Crippen LogP contribution < -0.4 is 5.32 Å². The van der Waals surface area contributed by atoms with E-state index >= 15 is 0 Å². The Hall–Kier alpha value is -0.700. The molecular formula is C14H20F3N3OS. The van der Waals surface area contributed by atoms with Crippen LogP contribution in [-0.4, -0.2) is 52.9 Å². The van der Waals surface area contributed by atoms with Gasteiger partial charge in [-0.3, -0.25) is 4.90 Å². The largest absolute Gasteiger partial charge is 0.415 e. The van der Waals surface area contributed by atoms with E-state index in [1.54, 1.807) is 11.1 Å². The first-order chi connectivity index (χ1) is 10.4. The summed E-state index contributed by atoms with van der Waals surface area (Å²) in [5.41, 5.74) is 0.133. The maximum absolute atomic E-state index is 12.7. The van der Waals surface area contributed by atoms with Crippen molar-refractivity contribution in [3.63, 3.8) is 0 Å². The number of thiazole rings is 1. The third-order valence-electron chi connectivity index (χ3n) is 4.79. The molecule has 2 heterocycles. The molecule has 22 heavy (non-hydrogen) atoms. The van der Waals surface area contributed by atoms with Gasteiger partial charge in [-0.25, -0.2) is 4.98 Å². The zero-order chi connectivity index (χ0) is 15.8. The second-order valence-corrected chi connectivity index (χ2v) is 7.22. The first kappa shape index (κ1) is 16.2. The fourth-order valence-corrected chi connectivity index (χ4v) is 4.08. The number of nitrogens with one attached hydrogen (secondary N) is 1. The van der Waals surface area contributed by atoms with Crippen LogP contribution in [0.15, 0.2) is 11.6 Å². The highest BCUT2D eigenvalue weighted by Crippen LogP contribution is 2.56. The average Bonchev–Trinajstić information content (AvgIpc) is 2.91. The van der Waals surface area contributed by atoms with Crippen LogP contribution in [0.25, 0.3) is 0 Å². The van der Waals surface area contributed by atoms with Crippen LogP contribution in [0.3, 0.4) is 0 Å². The molecule has 0 aromatic carbocycles. The second-order valence-electron chi connectivity index (χ2n) is 6.24. The van der Waals surface area contributed by atoms with Crippen molar-refractivity contribution in [2.75, 3.05) is 19.6 Å². The Morgan fingerprint density at radius 1 is 1.45 bits per heavy atom. The minimum Gasteiger partial charge on any atom is -0.382 e. The van der Waals surface area contributed by atoms with Crippen LogP contribution in [0.1, 0.15) is 24.3 Å². The Bertz CT molecular complexity index is 488. The van der Waals surface area contributed by atoms with Gasteiger partial charge >= 0.3 is 6.18 Å². The third-order valence-corrected chi connectivity index (χ3v) is 5.56. The molecule has 1 aliphatic heterocycles. The smallest absolute Gasteiger partial charge is 0.382 e. The van der Waals surface area contributed by atoms with Crippen molar-refractivity contribution in [2.24, 2.45) is 5.41 Å². The quantitative estimate of drug-likeness (QED) is 0.864. The zero-order valence-corrected chi connectivity index (χ0v) is 13.0. The minimum absolute atomic E-state index is 0.121. The van der Waals surface area contributed by atoms with Gasteiger partial charge in [0.1, 0.15) is 5.01 Å². The molecule has 1 aromatic rings. The van der Waals surface area contributed by atoms with Gasteiger partial charge in [-0.05, 0) is 37.8 Å². The van der Waals surface area contributed by atoms with E-state index in [9.17, 15) is 18.3 Å². The molecule has 2 fully saturated rings. The van der Waals surface area contributed by atoms with E-state index in [-0.39, 0.29) is 18.0 Å². The molecule has 1 aromatic heterocycles. The highest BCUT2D eigenvalue weighted by Gasteiger charge is 2.57. The Kier molecular flexibility index (Phi) is 4.46.